The van der Waals surface area contributed by atoms with E-state index in [1.165, 1.54) is 12.8 Å². The molecule has 2 N–H and O–H groups in total. The summed E-state index contributed by atoms with van der Waals surface area (Å²) in [7, 11) is 0. The number of rotatable bonds is 5. The third-order valence-electron chi connectivity index (χ3n) is 3.96. The van der Waals surface area contributed by atoms with E-state index in [0.29, 0.717) is 6.42 Å². The van der Waals surface area contributed by atoms with E-state index in [4.69, 9.17) is 0 Å². The molecular formula is C13H22N2O2. The summed E-state index contributed by atoms with van der Waals surface area (Å²) in [6.07, 6.45) is 6.61. The summed E-state index contributed by atoms with van der Waals surface area (Å²) in [5, 5.41) is 5.99. The standard InChI is InChI=1S/C13H22N2O2/c1-2-3-4-7-14-12(17)10-8-13(9-10)6-5-11(16)15-13/h10H,2-9H2,1H3,(H,14,17)(H,15,16). The molecule has 1 saturated carbocycles. The molecule has 0 unspecified atom stereocenters. The van der Waals surface area contributed by atoms with Gasteiger partial charge in [0.2, 0.25) is 11.8 Å². The van der Waals surface area contributed by atoms with Gasteiger partial charge in [0.25, 0.3) is 0 Å². The smallest absolute Gasteiger partial charge is 0.223 e. The Morgan fingerprint density at radius 2 is 2.24 bits per heavy atom. The van der Waals surface area contributed by atoms with Gasteiger partial charge in [-0.1, -0.05) is 19.8 Å². The summed E-state index contributed by atoms with van der Waals surface area (Å²) in [5.74, 6) is 0.440. The minimum Gasteiger partial charge on any atom is -0.356 e. The van der Waals surface area contributed by atoms with Crippen LogP contribution in [-0.4, -0.2) is 23.9 Å². The molecule has 0 radical (unpaired) electrons. The van der Waals surface area contributed by atoms with Gasteiger partial charge in [-0.3, -0.25) is 9.59 Å². The second-order valence-electron chi connectivity index (χ2n) is 5.43. The third-order valence-corrected chi connectivity index (χ3v) is 3.96. The molecule has 4 nitrogen and oxygen atoms in total. The molecule has 17 heavy (non-hydrogen) atoms. The minimum absolute atomic E-state index is 0.0253. The molecule has 1 saturated heterocycles. The molecule has 4 heteroatoms. The lowest BCUT2D eigenvalue weighted by Crippen LogP contribution is -2.56. The van der Waals surface area contributed by atoms with Gasteiger partial charge in [-0.15, -0.1) is 0 Å². The van der Waals surface area contributed by atoms with Crippen molar-refractivity contribution in [2.45, 2.75) is 57.4 Å². The third kappa shape index (κ3) is 2.79. The Balaban J connectivity index is 1.65. The molecule has 2 amide bonds. The van der Waals surface area contributed by atoms with Crippen LogP contribution < -0.4 is 10.6 Å². The van der Waals surface area contributed by atoms with Crippen LogP contribution in [0.2, 0.25) is 0 Å². The molecule has 1 aliphatic carbocycles. The van der Waals surface area contributed by atoms with Crippen LogP contribution in [0.3, 0.4) is 0 Å². The largest absolute Gasteiger partial charge is 0.356 e. The summed E-state index contributed by atoms with van der Waals surface area (Å²) in [6.45, 7) is 2.95. The zero-order valence-corrected chi connectivity index (χ0v) is 10.6. The molecule has 0 atom stereocenters. The van der Waals surface area contributed by atoms with Gasteiger partial charge in [-0.25, -0.2) is 0 Å². The van der Waals surface area contributed by atoms with E-state index in [1.54, 1.807) is 0 Å². The van der Waals surface area contributed by atoms with E-state index in [-0.39, 0.29) is 23.3 Å². The van der Waals surface area contributed by atoms with Crippen molar-refractivity contribution in [2.24, 2.45) is 5.92 Å². The normalized spacial score (nSPS) is 31.1. The zero-order valence-electron chi connectivity index (χ0n) is 10.6. The van der Waals surface area contributed by atoms with E-state index in [2.05, 4.69) is 17.6 Å². The summed E-state index contributed by atoms with van der Waals surface area (Å²) in [5.41, 5.74) is -0.0253. The number of hydrogen-bond donors (Lipinski definition) is 2. The van der Waals surface area contributed by atoms with Gasteiger partial charge in [0.1, 0.15) is 0 Å². The van der Waals surface area contributed by atoms with Crippen LogP contribution in [0.1, 0.15) is 51.9 Å². The summed E-state index contributed by atoms with van der Waals surface area (Å²) >= 11 is 0. The topological polar surface area (TPSA) is 58.2 Å². The van der Waals surface area contributed by atoms with Crippen LogP contribution in [0, 0.1) is 5.92 Å². The first-order chi connectivity index (χ1) is 8.15. The van der Waals surface area contributed by atoms with Crippen LogP contribution in [0.15, 0.2) is 0 Å². The van der Waals surface area contributed by atoms with Crippen molar-refractivity contribution >= 4 is 11.8 Å². The molecular weight excluding hydrogens is 216 g/mol. The van der Waals surface area contributed by atoms with Crippen molar-refractivity contribution in [3.05, 3.63) is 0 Å². The highest BCUT2D eigenvalue weighted by Gasteiger charge is 2.50. The summed E-state index contributed by atoms with van der Waals surface area (Å²) < 4.78 is 0. The lowest BCUT2D eigenvalue weighted by Gasteiger charge is -2.44. The molecule has 1 heterocycles. The fraction of sp³-hybridized carbons (Fsp3) is 0.846. The zero-order chi connectivity index (χ0) is 12.3. The predicted molar refractivity (Wildman–Crippen MR) is 65.4 cm³/mol. The maximum absolute atomic E-state index is 11.8. The minimum atomic E-state index is -0.0253. The quantitative estimate of drug-likeness (QED) is 0.710. The summed E-state index contributed by atoms with van der Waals surface area (Å²) in [6, 6.07) is 0. The molecule has 1 aliphatic heterocycles. The van der Waals surface area contributed by atoms with Gasteiger partial charge >= 0.3 is 0 Å². The van der Waals surface area contributed by atoms with Crippen molar-refractivity contribution in [3.63, 3.8) is 0 Å². The van der Waals surface area contributed by atoms with Crippen LogP contribution >= 0.6 is 0 Å². The van der Waals surface area contributed by atoms with Crippen LogP contribution in [0.5, 0.6) is 0 Å². The second kappa shape index (κ2) is 5.07. The SMILES string of the molecule is CCCCCNC(=O)C1CC2(CCC(=O)N2)C1. The van der Waals surface area contributed by atoms with Crippen molar-refractivity contribution in [1.29, 1.82) is 0 Å². The highest BCUT2D eigenvalue weighted by atomic mass is 16.2. The highest BCUT2D eigenvalue weighted by molar-refractivity contribution is 5.83. The van der Waals surface area contributed by atoms with Crippen LogP contribution in [0.25, 0.3) is 0 Å². The molecule has 0 bridgehead atoms. The molecule has 0 aromatic rings. The van der Waals surface area contributed by atoms with Gasteiger partial charge in [0.15, 0.2) is 0 Å². The molecule has 96 valence electrons. The van der Waals surface area contributed by atoms with E-state index >= 15 is 0 Å². The average molecular weight is 238 g/mol. The Bertz CT molecular complexity index is 309. The highest BCUT2D eigenvalue weighted by Crippen LogP contribution is 2.43. The first-order valence-corrected chi connectivity index (χ1v) is 6.74. The molecule has 0 aromatic carbocycles. The first-order valence-electron chi connectivity index (χ1n) is 6.74. The van der Waals surface area contributed by atoms with Gasteiger partial charge in [-0.05, 0) is 25.7 Å². The molecule has 1 spiro atoms. The van der Waals surface area contributed by atoms with Crippen molar-refractivity contribution in [1.82, 2.24) is 10.6 Å². The first kappa shape index (κ1) is 12.4. The van der Waals surface area contributed by atoms with Crippen LogP contribution in [-0.2, 0) is 9.59 Å². The van der Waals surface area contributed by atoms with Gasteiger partial charge in [-0.2, -0.15) is 0 Å². The fourth-order valence-electron chi connectivity index (χ4n) is 2.88. The average Bonchev–Trinajstić information content (AvgIpc) is 2.65. The number of nitrogens with one attached hydrogen (secondary N) is 2. The molecule has 0 aromatic heterocycles. The molecule has 2 rings (SSSR count). The number of amides is 2. The van der Waals surface area contributed by atoms with Gasteiger partial charge in [0.05, 0.1) is 0 Å². The monoisotopic (exact) mass is 238 g/mol. The van der Waals surface area contributed by atoms with Crippen molar-refractivity contribution in [3.8, 4) is 0 Å². The fourth-order valence-corrected chi connectivity index (χ4v) is 2.88. The Hall–Kier alpha value is -1.06. The van der Waals surface area contributed by atoms with E-state index in [9.17, 15) is 9.59 Å². The number of carbonyl (C=O) groups is 2. The Morgan fingerprint density at radius 3 is 2.82 bits per heavy atom. The maximum atomic E-state index is 11.8. The van der Waals surface area contributed by atoms with E-state index in [1.807, 2.05) is 0 Å². The Morgan fingerprint density at radius 1 is 1.47 bits per heavy atom. The van der Waals surface area contributed by atoms with Crippen molar-refractivity contribution in [2.75, 3.05) is 6.54 Å². The van der Waals surface area contributed by atoms with Gasteiger partial charge in [0, 0.05) is 24.4 Å². The number of carbonyl (C=O) groups excluding carboxylic acids is 2. The van der Waals surface area contributed by atoms with Crippen LogP contribution in [0.4, 0.5) is 0 Å². The maximum Gasteiger partial charge on any atom is 0.223 e. The lowest BCUT2D eigenvalue weighted by molar-refractivity contribution is -0.131. The van der Waals surface area contributed by atoms with E-state index < -0.39 is 0 Å². The number of unbranched alkanes of at least 4 members (excludes halogenated alkanes) is 2. The number of hydrogen-bond acceptors (Lipinski definition) is 2. The Kier molecular flexibility index (Phi) is 3.69. The predicted octanol–water partition coefficient (Wildman–Crippen LogP) is 1.35. The second-order valence-corrected chi connectivity index (χ2v) is 5.43. The van der Waals surface area contributed by atoms with Crippen molar-refractivity contribution < 1.29 is 9.59 Å². The Labute approximate surface area is 103 Å². The lowest BCUT2D eigenvalue weighted by atomic mass is 9.67. The van der Waals surface area contributed by atoms with E-state index in [0.717, 1.165) is 32.2 Å². The van der Waals surface area contributed by atoms with Gasteiger partial charge < -0.3 is 10.6 Å². The molecule has 2 fully saturated rings. The summed E-state index contributed by atoms with van der Waals surface area (Å²) in [4.78, 5) is 22.9. The molecule has 2 aliphatic rings.